The van der Waals surface area contributed by atoms with Crippen LogP contribution in [0.3, 0.4) is 0 Å². The Balaban J connectivity index is 1.94. The number of carbonyl (C=O) groups excluding carboxylic acids is 1. The maximum Gasteiger partial charge on any atom is 0.227 e. The molecule has 16 heavy (non-hydrogen) atoms. The number of amides is 1. The van der Waals surface area contributed by atoms with Crippen LogP contribution >= 0.6 is 0 Å². The summed E-state index contributed by atoms with van der Waals surface area (Å²) in [7, 11) is 0. The van der Waals surface area contributed by atoms with E-state index in [1.165, 1.54) is 0 Å². The topological polar surface area (TPSA) is 52.6 Å². The Labute approximate surface area is 97.0 Å². The van der Waals surface area contributed by atoms with Crippen molar-refractivity contribution in [3.63, 3.8) is 0 Å². The Morgan fingerprint density at radius 1 is 1.38 bits per heavy atom. The number of rotatable bonds is 1. The monoisotopic (exact) mass is 226 g/mol. The van der Waals surface area contributed by atoms with Crippen LogP contribution in [0.25, 0.3) is 0 Å². The van der Waals surface area contributed by atoms with Crippen LogP contribution in [0.4, 0.5) is 0 Å². The Morgan fingerprint density at radius 3 is 2.88 bits per heavy atom. The van der Waals surface area contributed by atoms with Crippen molar-refractivity contribution >= 4 is 5.91 Å². The van der Waals surface area contributed by atoms with Crippen molar-refractivity contribution in [2.45, 2.75) is 44.8 Å². The quantitative estimate of drug-likeness (QED) is 0.678. The first-order chi connectivity index (χ1) is 7.68. The maximum absolute atomic E-state index is 12.3. The highest BCUT2D eigenvalue weighted by Crippen LogP contribution is 2.21. The van der Waals surface area contributed by atoms with E-state index in [1.807, 2.05) is 4.90 Å². The standard InChI is InChI=1S/C12H22N2O2/c1-9-11(5-2-6-13-9)12(16)14-7-3-4-10(15)8-14/h9-11,13,15H,2-8H2,1H3. The second-order valence-corrected chi connectivity index (χ2v) is 5.07. The van der Waals surface area contributed by atoms with E-state index in [0.717, 1.165) is 38.8 Å². The van der Waals surface area contributed by atoms with Crippen molar-refractivity contribution in [1.82, 2.24) is 10.2 Å². The number of hydrogen-bond acceptors (Lipinski definition) is 3. The van der Waals surface area contributed by atoms with E-state index >= 15 is 0 Å². The summed E-state index contributed by atoms with van der Waals surface area (Å²) < 4.78 is 0. The maximum atomic E-state index is 12.3. The van der Waals surface area contributed by atoms with Gasteiger partial charge in [0.1, 0.15) is 0 Å². The number of piperidine rings is 2. The summed E-state index contributed by atoms with van der Waals surface area (Å²) in [5.41, 5.74) is 0. The number of hydrogen-bond donors (Lipinski definition) is 2. The van der Waals surface area contributed by atoms with E-state index in [9.17, 15) is 9.90 Å². The van der Waals surface area contributed by atoms with E-state index in [-0.39, 0.29) is 24.0 Å². The number of nitrogens with zero attached hydrogens (tertiary/aromatic N) is 1. The van der Waals surface area contributed by atoms with Crippen molar-refractivity contribution < 1.29 is 9.90 Å². The molecule has 0 aromatic carbocycles. The molecule has 92 valence electrons. The van der Waals surface area contributed by atoms with E-state index in [2.05, 4.69) is 12.2 Å². The summed E-state index contributed by atoms with van der Waals surface area (Å²) in [4.78, 5) is 14.1. The van der Waals surface area contributed by atoms with Gasteiger partial charge in [-0.15, -0.1) is 0 Å². The second-order valence-electron chi connectivity index (χ2n) is 5.07. The average Bonchev–Trinajstić information content (AvgIpc) is 2.29. The van der Waals surface area contributed by atoms with Gasteiger partial charge in [-0.05, 0) is 39.2 Å². The summed E-state index contributed by atoms with van der Waals surface area (Å²) in [5.74, 6) is 0.345. The number of carbonyl (C=O) groups is 1. The fourth-order valence-corrected chi connectivity index (χ4v) is 2.77. The van der Waals surface area contributed by atoms with Gasteiger partial charge in [0.15, 0.2) is 0 Å². The highest BCUT2D eigenvalue weighted by atomic mass is 16.3. The van der Waals surface area contributed by atoms with Gasteiger partial charge in [-0.2, -0.15) is 0 Å². The highest BCUT2D eigenvalue weighted by Gasteiger charge is 2.32. The first-order valence-corrected chi connectivity index (χ1v) is 6.38. The van der Waals surface area contributed by atoms with Crippen LogP contribution in [0, 0.1) is 5.92 Å². The SMILES string of the molecule is CC1NCCCC1C(=O)N1CCCC(O)C1. The van der Waals surface area contributed by atoms with E-state index in [0.29, 0.717) is 6.54 Å². The molecule has 2 aliphatic rings. The lowest BCUT2D eigenvalue weighted by Gasteiger charge is -2.36. The van der Waals surface area contributed by atoms with Crippen LogP contribution in [-0.4, -0.2) is 47.7 Å². The highest BCUT2D eigenvalue weighted by molar-refractivity contribution is 5.79. The van der Waals surface area contributed by atoms with Crippen LogP contribution < -0.4 is 5.32 Å². The van der Waals surface area contributed by atoms with Gasteiger partial charge in [0.05, 0.1) is 12.0 Å². The molecule has 2 heterocycles. The van der Waals surface area contributed by atoms with E-state index in [4.69, 9.17) is 0 Å². The first kappa shape index (κ1) is 11.9. The average molecular weight is 226 g/mol. The van der Waals surface area contributed by atoms with Gasteiger partial charge in [-0.3, -0.25) is 4.79 Å². The predicted molar refractivity (Wildman–Crippen MR) is 62.0 cm³/mol. The lowest BCUT2D eigenvalue weighted by molar-refractivity contribution is -0.140. The molecule has 0 bridgehead atoms. The summed E-state index contributed by atoms with van der Waals surface area (Å²) in [6.45, 7) is 4.46. The molecule has 1 amide bonds. The van der Waals surface area contributed by atoms with Gasteiger partial charge in [-0.1, -0.05) is 0 Å². The number of aliphatic hydroxyl groups excluding tert-OH is 1. The Morgan fingerprint density at radius 2 is 2.19 bits per heavy atom. The van der Waals surface area contributed by atoms with Crippen LogP contribution in [0.1, 0.15) is 32.6 Å². The molecule has 3 unspecified atom stereocenters. The van der Waals surface area contributed by atoms with Crippen LogP contribution in [0.2, 0.25) is 0 Å². The predicted octanol–water partition coefficient (Wildman–Crippen LogP) is 0.358. The van der Waals surface area contributed by atoms with Gasteiger partial charge in [-0.25, -0.2) is 0 Å². The molecule has 0 aromatic rings. The molecular weight excluding hydrogens is 204 g/mol. The van der Waals surface area contributed by atoms with Crippen LogP contribution in [-0.2, 0) is 4.79 Å². The molecule has 0 aliphatic carbocycles. The fraction of sp³-hybridized carbons (Fsp3) is 0.917. The van der Waals surface area contributed by atoms with E-state index < -0.39 is 0 Å². The van der Waals surface area contributed by atoms with Gasteiger partial charge in [0, 0.05) is 19.1 Å². The molecule has 0 spiro atoms. The van der Waals surface area contributed by atoms with Crippen molar-refractivity contribution in [3.8, 4) is 0 Å². The first-order valence-electron chi connectivity index (χ1n) is 6.38. The zero-order valence-electron chi connectivity index (χ0n) is 9.98. The molecule has 2 saturated heterocycles. The third-order valence-corrected chi connectivity index (χ3v) is 3.79. The van der Waals surface area contributed by atoms with Crippen molar-refractivity contribution in [1.29, 1.82) is 0 Å². The Bertz CT molecular complexity index is 257. The minimum absolute atomic E-state index is 0.110. The minimum Gasteiger partial charge on any atom is -0.391 e. The van der Waals surface area contributed by atoms with Gasteiger partial charge in [0.2, 0.25) is 5.91 Å². The Kier molecular flexibility index (Phi) is 3.82. The van der Waals surface area contributed by atoms with Crippen LogP contribution in [0.5, 0.6) is 0 Å². The fourth-order valence-electron chi connectivity index (χ4n) is 2.77. The molecule has 3 atom stereocenters. The number of nitrogens with one attached hydrogen (secondary N) is 1. The molecule has 2 N–H and O–H groups in total. The number of β-amino-alcohol motifs (C(OH)–C–C–N with tert-alkyl or cyclic N) is 1. The summed E-state index contributed by atoms with van der Waals surface area (Å²) in [6, 6.07) is 0.278. The van der Waals surface area contributed by atoms with Gasteiger partial charge in [0.25, 0.3) is 0 Å². The molecule has 2 aliphatic heterocycles. The largest absolute Gasteiger partial charge is 0.391 e. The lowest BCUT2D eigenvalue weighted by Crippen LogP contribution is -2.51. The number of aliphatic hydroxyl groups is 1. The van der Waals surface area contributed by atoms with Crippen molar-refractivity contribution in [3.05, 3.63) is 0 Å². The lowest BCUT2D eigenvalue weighted by atomic mass is 9.90. The summed E-state index contributed by atoms with van der Waals surface area (Å²) in [5, 5.41) is 12.9. The molecule has 2 rings (SSSR count). The van der Waals surface area contributed by atoms with Gasteiger partial charge < -0.3 is 15.3 Å². The number of likely N-dealkylation sites (tertiary alicyclic amines) is 1. The zero-order valence-corrected chi connectivity index (χ0v) is 9.98. The zero-order chi connectivity index (χ0) is 11.5. The summed E-state index contributed by atoms with van der Waals surface area (Å²) in [6.07, 6.45) is 3.52. The van der Waals surface area contributed by atoms with Crippen molar-refractivity contribution in [2.24, 2.45) is 5.92 Å². The second kappa shape index (κ2) is 5.15. The van der Waals surface area contributed by atoms with Gasteiger partial charge >= 0.3 is 0 Å². The smallest absolute Gasteiger partial charge is 0.227 e. The molecular formula is C12H22N2O2. The Hall–Kier alpha value is -0.610. The summed E-state index contributed by atoms with van der Waals surface area (Å²) >= 11 is 0. The molecule has 0 aromatic heterocycles. The third kappa shape index (κ3) is 2.55. The minimum atomic E-state index is -0.315. The molecule has 4 heteroatoms. The van der Waals surface area contributed by atoms with E-state index in [1.54, 1.807) is 0 Å². The molecule has 2 fully saturated rings. The molecule has 0 radical (unpaired) electrons. The normalized spacial score (nSPS) is 36.1. The van der Waals surface area contributed by atoms with Crippen LogP contribution in [0.15, 0.2) is 0 Å². The molecule has 0 saturated carbocycles. The van der Waals surface area contributed by atoms with Crippen molar-refractivity contribution in [2.75, 3.05) is 19.6 Å². The molecule has 4 nitrogen and oxygen atoms in total. The third-order valence-electron chi connectivity index (χ3n) is 3.79.